The van der Waals surface area contributed by atoms with Gasteiger partial charge in [-0.3, -0.25) is 0 Å². The van der Waals surface area contributed by atoms with Crippen molar-refractivity contribution in [3.63, 3.8) is 0 Å². The van der Waals surface area contributed by atoms with Gasteiger partial charge in [0.2, 0.25) is 0 Å². The fourth-order valence-corrected chi connectivity index (χ4v) is 7.37. The van der Waals surface area contributed by atoms with Crippen LogP contribution >= 0.6 is 0 Å². The van der Waals surface area contributed by atoms with Crippen LogP contribution in [-0.2, 0) is 0 Å². The Hall–Kier alpha value is -7.39. The standard InChI is InChI=1S/C45H25N5/c1-47-32-19-21-38-36-13-6-8-16-41(36)49(44(38)26-32)34-24-30(29-11-4-3-5-12-29)23-31(25-34)35-15-10-18-43(40(35)28-46)50-42-17-9-7-14-37(42)39-22-20-33(48-2)27-45(39)50/h3-27H. The van der Waals surface area contributed by atoms with Gasteiger partial charge in [0.25, 0.3) is 0 Å². The molecule has 230 valence electrons. The molecule has 0 fully saturated rings. The number of nitriles is 1. The van der Waals surface area contributed by atoms with E-state index >= 15 is 0 Å². The molecule has 50 heavy (non-hydrogen) atoms. The summed E-state index contributed by atoms with van der Waals surface area (Å²) in [6.45, 7) is 15.4. The summed E-state index contributed by atoms with van der Waals surface area (Å²) in [7, 11) is 0. The molecule has 0 saturated heterocycles. The van der Waals surface area contributed by atoms with Crippen LogP contribution in [0.15, 0.2) is 152 Å². The molecule has 2 heterocycles. The van der Waals surface area contributed by atoms with Crippen molar-refractivity contribution >= 4 is 55.0 Å². The van der Waals surface area contributed by atoms with E-state index in [0.717, 1.165) is 77.2 Å². The van der Waals surface area contributed by atoms with Gasteiger partial charge >= 0.3 is 0 Å². The zero-order valence-electron chi connectivity index (χ0n) is 26.7. The van der Waals surface area contributed by atoms with E-state index in [1.54, 1.807) is 0 Å². The molecular weight excluding hydrogens is 611 g/mol. The van der Waals surface area contributed by atoms with E-state index in [9.17, 15) is 5.26 Å². The van der Waals surface area contributed by atoms with Gasteiger partial charge in [-0.1, -0.05) is 103 Å². The first kappa shape index (κ1) is 28.8. The van der Waals surface area contributed by atoms with E-state index in [2.05, 4.69) is 79.5 Å². The quantitative estimate of drug-likeness (QED) is 0.177. The Morgan fingerprint density at radius 3 is 1.66 bits per heavy atom. The van der Waals surface area contributed by atoms with Crippen LogP contribution in [0.2, 0.25) is 0 Å². The minimum absolute atomic E-state index is 0.539. The SMILES string of the molecule is [C-]#[N+]c1ccc2c3ccccc3n(-c3cc(-c4ccccc4)cc(-c4cccc(-n5c6ccccc6c6ccc([N+]#[C-])cc65)c4C#N)c3)c2c1. The molecule has 0 radical (unpaired) electrons. The molecular formula is C45H25N5. The van der Waals surface area contributed by atoms with Crippen molar-refractivity contribution in [2.45, 2.75) is 0 Å². The fourth-order valence-electron chi connectivity index (χ4n) is 7.37. The predicted molar refractivity (Wildman–Crippen MR) is 203 cm³/mol. The number of aromatic nitrogens is 2. The Labute approximate surface area is 288 Å². The molecule has 0 saturated carbocycles. The first-order valence-electron chi connectivity index (χ1n) is 16.2. The van der Waals surface area contributed by atoms with E-state index in [-0.39, 0.29) is 0 Å². The third-order valence-corrected chi connectivity index (χ3v) is 9.56. The van der Waals surface area contributed by atoms with Crippen molar-refractivity contribution in [2.24, 2.45) is 0 Å². The van der Waals surface area contributed by atoms with Crippen molar-refractivity contribution in [3.8, 4) is 39.7 Å². The van der Waals surface area contributed by atoms with Gasteiger partial charge in [-0.2, -0.15) is 5.26 Å². The molecule has 0 aliphatic rings. The molecule has 2 aromatic heterocycles. The van der Waals surface area contributed by atoms with Gasteiger partial charge in [0.05, 0.1) is 35.4 Å². The normalized spacial score (nSPS) is 11.1. The Bertz CT molecular complexity index is 2960. The van der Waals surface area contributed by atoms with Crippen LogP contribution in [0, 0.1) is 24.5 Å². The summed E-state index contributed by atoms with van der Waals surface area (Å²) < 4.78 is 4.34. The van der Waals surface area contributed by atoms with E-state index < -0.39 is 0 Å². The second-order valence-corrected chi connectivity index (χ2v) is 12.3. The molecule has 7 aromatic carbocycles. The van der Waals surface area contributed by atoms with Crippen LogP contribution in [0.4, 0.5) is 11.4 Å². The van der Waals surface area contributed by atoms with Crippen molar-refractivity contribution in [2.75, 3.05) is 0 Å². The smallest absolute Gasteiger partial charge is 0.189 e. The number of nitrogens with zero attached hydrogens (tertiary/aromatic N) is 5. The highest BCUT2D eigenvalue weighted by Gasteiger charge is 2.20. The second-order valence-electron chi connectivity index (χ2n) is 12.3. The lowest BCUT2D eigenvalue weighted by Gasteiger charge is -2.17. The molecule has 0 spiro atoms. The number of benzene rings is 7. The van der Waals surface area contributed by atoms with Crippen molar-refractivity contribution in [1.82, 2.24) is 9.13 Å². The number of hydrogen-bond donors (Lipinski definition) is 0. The monoisotopic (exact) mass is 635 g/mol. The van der Waals surface area contributed by atoms with E-state index in [0.29, 0.717) is 16.9 Å². The first-order valence-corrected chi connectivity index (χ1v) is 16.2. The summed E-state index contributed by atoms with van der Waals surface area (Å²) >= 11 is 0. The molecule has 0 aliphatic carbocycles. The molecule has 9 rings (SSSR count). The number of hydrogen-bond acceptors (Lipinski definition) is 1. The maximum Gasteiger partial charge on any atom is 0.189 e. The molecule has 0 atom stereocenters. The molecule has 0 bridgehead atoms. The van der Waals surface area contributed by atoms with Crippen molar-refractivity contribution in [1.29, 1.82) is 5.26 Å². The minimum atomic E-state index is 0.539. The topological polar surface area (TPSA) is 42.4 Å². The van der Waals surface area contributed by atoms with E-state index in [1.807, 2.05) is 97.1 Å². The van der Waals surface area contributed by atoms with Gasteiger partial charge in [0, 0.05) is 43.8 Å². The highest BCUT2D eigenvalue weighted by molar-refractivity contribution is 6.11. The van der Waals surface area contributed by atoms with Crippen LogP contribution in [0.3, 0.4) is 0 Å². The Morgan fingerprint density at radius 2 is 1.02 bits per heavy atom. The fraction of sp³-hybridized carbons (Fsp3) is 0. The number of fused-ring (bicyclic) bond motifs is 6. The summed E-state index contributed by atoms with van der Waals surface area (Å²) in [4.78, 5) is 7.46. The predicted octanol–water partition coefficient (Wildman–Crippen LogP) is 12.2. The van der Waals surface area contributed by atoms with Crippen molar-refractivity contribution in [3.05, 3.63) is 180 Å². The van der Waals surface area contributed by atoms with Gasteiger partial charge in [0.15, 0.2) is 11.4 Å². The zero-order valence-corrected chi connectivity index (χ0v) is 26.7. The van der Waals surface area contributed by atoms with E-state index in [1.165, 1.54) is 0 Å². The van der Waals surface area contributed by atoms with Gasteiger partial charge in [-0.25, -0.2) is 9.69 Å². The number of para-hydroxylation sites is 2. The average Bonchev–Trinajstić information content (AvgIpc) is 3.69. The molecule has 0 amide bonds. The largest absolute Gasteiger partial charge is 0.310 e. The average molecular weight is 636 g/mol. The summed E-state index contributed by atoms with van der Waals surface area (Å²) in [5, 5.41) is 15.2. The van der Waals surface area contributed by atoms with Gasteiger partial charge in [0.1, 0.15) is 6.07 Å². The zero-order chi connectivity index (χ0) is 33.8. The minimum Gasteiger partial charge on any atom is -0.310 e. The van der Waals surface area contributed by atoms with Gasteiger partial charge in [-0.15, -0.1) is 0 Å². The maximum absolute atomic E-state index is 10.9. The molecule has 9 aromatic rings. The Balaban J connectivity index is 1.35. The maximum atomic E-state index is 10.9. The van der Waals surface area contributed by atoms with Gasteiger partial charge < -0.3 is 9.13 Å². The molecule has 0 unspecified atom stereocenters. The molecule has 5 heteroatoms. The summed E-state index contributed by atoms with van der Waals surface area (Å²) in [6.07, 6.45) is 0. The third-order valence-electron chi connectivity index (χ3n) is 9.56. The summed E-state index contributed by atoms with van der Waals surface area (Å²) in [6, 6.07) is 53.4. The third kappa shape index (κ3) is 4.38. The first-order chi connectivity index (χ1) is 24.7. The molecule has 5 nitrogen and oxygen atoms in total. The lowest BCUT2D eigenvalue weighted by atomic mass is 9.94. The summed E-state index contributed by atoms with van der Waals surface area (Å²) in [5.41, 5.74) is 11.0. The van der Waals surface area contributed by atoms with Crippen LogP contribution in [0.5, 0.6) is 0 Å². The van der Waals surface area contributed by atoms with Crippen LogP contribution in [0.1, 0.15) is 5.56 Å². The highest BCUT2D eigenvalue weighted by atomic mass is 15.0. The highest BCUT2D eigenvalue weighted by Crippen LogP contribution is 2.40. The summed E-state index contributed by atoms with van der Waals surface area (Å²) in [5.74, 6) is 0. The van der Waals surface area contributed by atoms with Crippen LogP contribution in [-0.4, -0.2) is 9.13 Å². The van der Waals surface area contributed by atoms with Crippen LogP contribution in [0.25, 0.3) is 86.9 Å². The molecule has 0 aliphatic heterocycles. The Kier molecular flexibility index (Phi) is 6.56. The van der Waals surface area contributed by atoms with Crippen molar-refractivity contribution < 1.29 is 0 Å². The number of rotatable bonds is 4. The van der Waals surface area contributed by atoms with E-state index in [4.69, 9.17) is 13.1 Å². The van der Waals surface area contributed by atoms with Crippen LogP contribution < -0.4 is 0 Å². The Morgan fingerprint density at radius 1 is 0.460 bits per heavy atom. The molecule has 0 N–H and O–H groups in total. The lowest BCUT2D eigenvalue weighted by Crippen LogP contribution is -2.00. The second kappa shape index (κ2) is 11.4. The van der Waals surface area contributed by atoms with Gasteiger partial charge in [-0.05, 0) is 65.2 Å². The lowest BCUT2D eigenvalue weighted by molar-refractivity contribution is 1.17.